The molecule has 0 saturated heterocycles. The molecular formula is C16H16N4S. The van der Waals surface area contributed by atoms with Crippen LogP contribution in [0.4, 0.5) is 0 Å². The predicted molar refractivity (Wildman–Crippen MR) is 86.5 cm³/mol. The molecule has 0 bridgehead atoms. The lowest BCUT2D eigenvalue weighted by Gasteiger charge is -2.09. The third-order valence-electron chi connectivity index (χ3n) is 3.28. The molecule has 106 valence electrons. The van der Waals surface area contributed by atoms with Crippen molar-refractivity contribution in [2.45, 2.75) is 11.4 Å². The molecule has 3 rings (SSSR count). The molecule has 0 unspecified atom stereocenters. The van der Waals surface area contributed by atoms with Crippen molar-refractivity contribution in [3.05, 3.63) is 60.3 Å². The number of nitrogens with two attached hydrogens (primary N) is 1. The molecule has 1 aromatic heterocycles. The minimum absolute atomic E-state index is 0.368. The monoisotopic (exact) mass is 296 g/mol. The summed E-state index contributed by atoms with van der Waals surface area (Å²) >= 11 is 1.71. The summed E-state index contributed by atoms with van der Waals surface area (Å²) in [5, 5.41) is 8.51. The van der Waals surface area contributed by atoms with Gasteiger partial charge in [0.25, 0.3) is 0 Å². The van der Waals surface area contributed by atoms with E-state index in [2.05, 4.69) is 28.7 Å². The normalized spacial score (nSPS) is 10.8. The first-order valence-corrected chi connectivity index (χ1v) is 7.90. The molecule has 0 atom stereocenters. The Labute approximate surface area is 128 Å². The van der Waals surface area contributed by atoms with Crippen LogP contribution in [0.5, 0.6) is 0 Å². The third-order valence-corrected chi connectivity index (χ3v) is 4.00. The van der Waals surface area contributed by atoms with Gasteiger partial charge in [0, 0.05) is 17.0 Å². The van der Waals surface area contributed by atoms with Crippen LogP contribution in [0.3, 0.4) is 0 Å². The van der Waals surface area contributed by atoms with Gasteiger partial charge in [-0.15, -0.1) is 16.9 Å². The quantitative estimate of drug-likeness (QED) is 0.752. The van der Waals surface area contributed by atoms with E-state index in [0.29, 0.717) is 6.54 Å². The maximum absolute atomic E-state index is 5.82. The number of thioether (sulfide) groups is 1. The van der Waals surface area contributed by atoms with Crippen molar-refractivity contribution in [2.24, 2.45) is 5.73 Å². The number of nitrogens with zero attached hydrogens (tertiary/aromatic N) is 3. The Morgan fingerprint density at radius 2 is 1.90 bits per heavy atom. The van der Waals surface area contributed by atoms with Crippen molar-refractivity contribution in [1.82, 2.24) is 15.0 Å². The first-order valence-electron chi connectivity index (χ1n) is 6.68. The molecule has 5 heteroatoms. The van der Waals surface area contributed by atoms with Crippen LogP contribution in [0, 0.1) is 0 Å². The van der Waals surface area contributed by atoms with E-state index in [-0.39, 0.29) is 0 Å². The van der Waals surface area contributed by atoms with Gasteiger partial charge < -0.3 is 5.73 Å². The van der Waals surface area contributed by atoms with Crippen LogP contribution in [-0.4, -0.2) is 21.2 Å². The van der Waals surface area contributed by atoms with E-state index in [1.165, 1.54) is 4.90 Å². The maximum Gasteiger partial charge on any atom is 0.105 e. The smallest absolute Gasteiger partial charge is 0.105 e. The summed E-state index contributed by atoms with van der Waals surface area (Å²) in [6.45, 7) is 0.368. The first-order chi connectivity index (χ1) is 10.3. The topological polar surface area (TPSA) is 56.7 Å². The Balaban J connectivity index is 2.17. The van der Waals surface area contributed by atoms with Gasteiger partial charge in [-0.25, -0.2) is 4.68 Å². The summed E-state index contributed by atoms with van der Waals surface area (Å²) in [6.07, 6.45) is 2.06. The highest BCUT2D eigenvalue weighted by atomic mass is 32.2. The van der Waals surface area contributed by atoms with Gasteiger partial charge in [-0.3, -0.25) is 0 Å². The van der Waals surface area contributed by atoms with Gasteiger partial charge in [0.05, 0.1) is 11.4 Å². The van der Waals surface area contributed by atoms with Gasteiger partial charge in [-0.1, -0.05) is 41.6 Å². The Bertz CT molecular complexity index is 737. The van der Waals surface area contributed by atoms with E-state index in [1.54, 1.807) is 11.8 Å². The lowest BCUT2D eigenvalue weighted by molar-refractivity contribution is 0.798. The molecule has 0 radical (unpaired) electrons. The zero-order valence-corrected chi connectivity index (χ0v) is 12.5. The summed E-state index contributed by atoms with van der Waals surface area (Å²) in [7, 11) is 0. The number of hydrogen-bond acceptors (Lipinski definition) is 4. The molecule has 0 aliphatic heterocycles. The summed E-state index contributed by atoms with van der Waals surface area (Å²) < 4.78 is 1.86. The fraction of sp³-hybridized carbons (Fsp3) is 0.125. The van der Waals surface area contributed by atoms with Gasteiger partial charge in [-0.05, 0) is 24.5 Å². The number of benzene rings is 2. The van der Waals surface area contributed by atoms with Gasteiger partial charge in [-0.2, -0.15) is 0 Å². The highest BCUT2D eigenvalue weighted by Crippen LogP contribution is 2.26. The van der Waals surface area contributed by atoms with Gasteiger partial charge in [0.1, 0.15) is 5.69 Å². The average molecular weight is 296 g/mol. The molecule has 2 N–H and O–H groups in total. The minimum atomic E-state index is 0.368. The van der Waals surface area contributed by atoms with Crippen molar-refractivity contribution in [2.75, 3.05) is 6.26 Å². The highest BCUT2D eigenvalue weighted by Gasteiger charge is 2.15. The van der Waals surface area contributed by atoms with E-state index in [9.17, 15) is 0 Å². The molecule has 0 saturated carbocycles. The fourth-order valence-corrected chi connectivity index (χ4v) is 2.71. The molecule has 0 spiro atoms. The van der Waals surface area contributed by atoms with E-state index in [4.69, 9.17) is 5.73 Å². The van der Waals surface area contributed by atoms with Crippen molar-refractivity contribution in [3.8, 4) is 16.9 Å². The van der Waals surface area contributed by atoms with Crippen molar-refractivity contribution < 1.29 is 0 Å². The molecule has 3 aromatic rings. The third kappa shape index (κ3) is 2.70. The number of rotatable bonds is 4. The average Bonchev–Trinajstić information content (AvgIpc) is 2.99. The van der Waals surface area contributed by atoms with Crippen LogP contribution in [0.1, 0.15) is 5.69 Å². The van der Waals surface area contributed by atoms with Crippen LogP contribution >= 0.6 is 11.8 Å². The van der Waals surface area contributed by atoms with Crippen molar-refractivity contribution >= 4 is 11.8 Å². The van der Waals surface area contributed by atoms with Crippen LogP contribution < -0.4 is 5.73 Å². The molecule has 1 heterocycles. The van der Waals surface area contributed by atoms with Crippen LogP contribution in [0.15, 0.2) is 59.5 Å². The lowest BCUT2D eigenvalue weighted by atomic mass is 10.1. The molecule has 2 aromatic carbocycles. The predicted octanol–water partition coefficient (Wildman–Crippen LogP) is 3.11. The second-order valence-electron chi connectivity index (χ2n) is 4.57. The lowest BCUT2D eigenvalue weighted by Crippen LogP contribution is -2.02. The van der Waals surface area contributed by atoms with Gasteiger partial charge in [0.15, 0.2) is 0 Å². The summed E-state index contributed by atoms with van der Waals surface area (Å²) in [5.41, 5.74) is 9.63. The molecule has 0 aliphatic carbocycles. The second-order valence-corrected chi connectivity index (χ2v) is 5.45. The van der Waals surface area contributed by atoms with E-state index in [0.717, 1.165) is 22.6 Å². The molecular weight excluding hydrogens is 280 g/mol. The van der Waals surface area contributed by atoms with Crippen molar-refractivity contribution in [3.63, 3.8) is 0 Å². The number of hydrogen-bond donors (Lipinski definition) is 1. The molecule has 21 heavy (non-hydrogen) atoms. The van der Waals surface area contributed by atoms with Gasteiger partial charge >= 0.3 is 0 Å². The zero-order valence-electron chi connectivity index (χ0n) is 11.7. The van der Waals surface area contributed by atoms with E-state index >= 15 is 0 Å². The zero-order chi connectivity index (χ0) is 14.7. The highest BCUT2D eigenvalue weighted by molar-refractivity contribution is 7.98. The SMILES string of the molecule is CSc1cccc(-n2nnc(CN)c2-c2ccccc2)c1. The molecule has 0 amide bonds. The summed E-state index contributed by atoms with van der Waals surface area (Å²) in [4.78, 5) is 1.19. The standard InChI is InChI=1S/C16H16N4S/c1-21-14-9-5-8-13(10-14)20-16(15(11-17)18-19-20)12-6-3-2-4-7-12/h2-10H,11,17H2,1H3. The Morgan fingerprint density at radius 3 is 2.62 bits per heavy atom. The second kappa shape index (κ2) is 6.11. The molecule has 4 nitrogen and oxygen atoms in total. The summed E-state index contributed by atoms with van der Waals surface area (Å²) in [6, 6.07) is 18.3. The minimum Gasteiger partial charge on any atom is -0.325 e. The molecule has 0 aliphatic rings. The number of aromatic nitrogens is 3. The van der Waals surface area contributed by atoms with Crippen LogP contribution in [0.25, 0.3) is 16.9 Å². The Hall–Kier alpha value is -2.11. The van der Waals surface area contributed by atoms with E-state index < -0.39 is 0 Å². The van der Waals surface area contributed by atoms with Gasteiger partial charge in [0.2, 0.25) is 0 Å². The molecule has 0 fully saturated rings. The Kier molecular flexibility index (Phi) is 4.03. The summed E-state index contributed by atoms with van der Waals surface area (Å²) in [5.74, 6) is 0. The fourth-order valence-electron chi connectivity index (χ4n) is 2.26. The van der Waals surface area contributed by atoms with Crippen LogP contribution in [-0.2, 0) is 6.54 Å². The first kappa shape index (κ1) is 13.9. The van der Waals surface area contributed by atoms with E-state index in [1.807, 2.05) is 47.1 Å². The maximum atomic E-state index is 5.82. The van der Waals surface area contributed by atoms with Crippen molar-refractivity contribution in [1.29, 1.82) is 0 Å². The largest absolute Gasteiger partial charge is 0.325 e. The Morgan fingerprint density at radius 1 is 1.10 bits per heavy atom. The van der Waals surface area contributed by atoms with Crippen LogP contribution in [0.2, 0.25) is 0 Å².